The van der Waals surface area contributed by atoms with Gasteiger partial charge in [-0.15, -0.1) is 0 Å². The van der Waals surface area contributed by atoms with Crippen LogP contribution in [0.4, 0.5) is 0 Å². The highest BCUT2D eigenvalue weighted by Crippen LogP contribution is 2.14. The summed E-state index contributed by atoms with van der Waals surface area (Å²) in [4.78, 5) is 19.4. The van der Waals surface area contributed by atoms with Gasteiger partial charge in [0.05, 0.1) is 13.7 Å². The minimum Gasteiger partial charge on any atom is -0.494 e. The van der Waals surface area contributed by atoms with E-state index in [0.29, 0.717) is 12.2 Å². The third-order valence-corrected chi connectivity index (χ3v) is 4.20. The van der Waals surface area contributed by atoms with Crippen LogP contribution < -0.4 is 4.74 Å². The topological polar surface area (TPSA) is 42.0 Å². The van der Waals surface area contributed by atoms with Crippen LogP contribution in [0.1, 0.15) is 56.3 Å². The van der Waals surface area contributed by atoms with Crippen LogP contribution in [0, 0.1) is 0 Å². The number of ether oxygens (including phenoxy) is 1. The van der Waals surface area contributed by atoms with Crippen molar-refractivity contribution in [3.05, 3.63) is 29.8 Å². The van der Waals surface area contributed by atoms with Gasteiger partial charge in [0.15, 0.2) is 0 Å². The van der Waals surface area contributed by atoms with Crippen molar-refractivity contribution in [2.75, 3.05) is 40.4 Å². The molecule has 0 unspecified atom stereocenters. The molecule has 0 aromatic heterocycles. The van der Waals surface area contributed by atoms with E-state index in [4.69, 9.17) is 9.57 Å². The van der Waals surface area contributed by atoms with Gasteiger partial charge >= 0.3 is 0 Å². The Morgan fingerprint density at radius 2 is 1.52 bits per heavy atom. The van der Waals surface area contributed by atoms with E-state index in [1.165, 1.54) is 50.9 Å². The molecule has 1 aromatic rings. The Morgan fingerprint density at radius 1 is 0.960 bits per heavy atom. The molecular formula is C20H34N2O3. The summed E-state index contributed by atoms with van der Waals surface area (Å²) in [5, 5.41) is 1.21. The number of carbonyl (C=O) groups is 1. The molecular weight excluding hydrogens is 316 g/mol. The van der Waals surface area contributed by atoms with Crippen molar-refractivity contribution in [1.29, 1.82) is 0 Å². The number of hydrogen-bond donors (Lipinski definition) is 0. The van der Waals surface area contributed by atoms with Gasteiger partial charge in [0.2, 0.25) is 0 Å². The molecule has 5 heteroatoms. The minimum atomic E-state index is -0.170. The van der Waals surface area contributed by atoms with Crippen LogP contribution in [0.25, 0.3) is 0 Å². The molecule has 0 heterocycles. The maximum atomic E-state index is 11.9. The van der Waals surface area contributed by atoms with Crippen LogP contribution in [0.3, 0.4) is 0 Å². The van der Waals surface area contributed by atoms with Crippen molar-refractivity contribution in [2.45, 2.75) is 46.0 Å². The first kappa shape index (κ1) is 21.5. The van der Waals surface area contributed by atoms with Gasteiger partial charge in [0, 0.05) is 19.2 Å². The molecule has 142 valence electrons. The fourth-order valence-electron chi connectivity index (χ4n) is 2.54. The van der Waals surface area contributed by atoms with Crippen molar-refractivity contribution in [1.82, 2.24) is 9.96 Å². The SMILES string of the molecule is CCCCN(CCCC)CCCOc1ccc(C(=O)N(C)OC)cc1. The number of rotatable bonds is 13. The Hall–Kier alpha value is -1.59. The second kappa shape index (κ2) is 12.7. The molecule has 0 spiro atoms. The van der Waals surface area contributed by atoms with Gasteiger partial charge in [-0.3, -0.25) is 9.63 Å². The van der Waals surface area contributed by atoms with Gasteiger partial charge in [0.25, 0.3) is 5.91 Å². The zero-order valence-electron chi connectivity index (χ0n) is 16.3. The molecule has 0 bridgehead atoms. The fraction of sp³-hybridized carbons (Fsp3) is 0.650. The first-order chi connectivity index (χ1) is 12.1. The van der Waals surface area contributed by atoms with E-state index in [2.05, 4.69) is 18.7 Å². The number of carbonyl (C=O) groups excluding carboxylic acids is 1. The molecule has 0 saturated heterocycles. The third kappa shape index (κ3) is 8.36. The van der Waals surface area contributed by atoms with Crippen LogP contribution in [0.5, 0.6) is 5.75 Å². The zero-order chi connectivity index (χ0) is 18.5. The molecule has 0 fully saturated rings. The predicted molar refractivity (Wildman–Crippen MR) is 102 cm³/mol. The number of hydrogen-bond acceptors (Lipinski definition) is 4. The van der Waals surface area contributed by atoms with Gasteiger partial charge in [-0.2, -0.15) is 0 Å². The van der Waals surface area contributed by atoms with Crippen LogP contribution >= 0.6 is 0 Å². The summed E-state index contributed by atoms with van der Waals surface area (Å²) in [5.74, 6) is 0.627. The molecule has 0 aliphatic heterocycles. The maximum Gasteiger partial charge on any atom is 0.277 e. The third-order valence-electron chi connectivity index (χ3n) is 4.20. The van der Waals surface area contributed by atoms with Crippen molar-refractivity contribution in [3.8, 4) is 5.75 Å². The van der Waals surface area contributed by atoms with Crippen molar-refractivity contribution in [2.24, 2.45) is 0 Å². The first-order valence-electron chi connectivity index (χ1n) is 9.39. The summed E-state index contributed by atoms with van der Waals surface area (Å²) < 4.78 is 5.80. The molecule has 0 saturated carbocycles. The van der Waals surface area contributed by atoms with E-state index >= 15 is 0 Å². The quantitative estimate of drug-likeness (QED) is 0.398. The van der Waals surface area contributed by atoms with Crippen LogP contribution in [0.2, 0.25) is 0 Å². The van der Waals surface area contributed by atoms with Crippen molar-refractivity contribution < 1.29 is 14.4 Å². The maximum absolute atomic E-state index is 11.9. The Kier molecular flexibility index (Phi) is 10.9. The van der Waals surface area contributed by atoms with Crippen LogP contribution in [-0.2, 0) is 4.84 Å². The van der Waals surface area contributed by atoms with Crippen LogP contribution in [0.15, 0.2) is 24.3 Å². The van der Waals surface area contributed by atoms with E-state index in [1.54, 1.807) is 19.2 Å². The molecule has 25 heavy (non-hydrogen) atoms. The lowest BCUT2D eigenvalue weighted by Gasteiger charge is -2.21. The second-order valence-corrected chi connectivity index (χ2v) is 6.26. The molecule has 1 amide bonds. The molecule has 5 nitrogen and oxygen atoms in total. The van der Waals surface area contributed by atoms with E-state index in [9.17, 15) is 4.79 Å². The van der Waals surface area contributed by atoms with Crippen LogP contribution in [-0.4, -0.2) is 56.3 Å². The Morgan fingerprint density at radius 3 is 2.04 bits per heavy atom. The van der Waals surface area contributed by atoms with E-state index in [-0.39, 0.29) is 5.91 Å². The van der Waals surface area contributed by atoms with E-state index < -0.39 is 0 Å². The lowest BCUT2D eigenvalue weighted by molar-refractivity contribution is -0.0757. The highest BCUT2D eigenvalue weighted by molar-refractivity contribution is 5.93. The highest BCUT2D eigenvalue weighted by Gasteiger charge is 2.11. The first-order valence-corrected chi connectivity index (χ1v) is 9.39. The number of benzene rings is 1. The van der Waals surface area contributed by atoms with Crippen molar-refractivity contribution in [3.63, 3.8) is 0 Å². The molecule has 0 atom stereocenters. The number of nitrogens with zero attached hydrogens (tertiary/aromatic N) is 2. The number of unbranched alkanes of at least 4 members (excludes halogenated alkanes) is 2. The lowest BCUT2D eigenvalue weighted by Crippen LogP contribution is -2.28. The lowest BCUT2D eigenvalue weighted by atomic mass is 10.2. The van der Waals surface area contributed by atoms with Gasteiger partial charge in [0.1, 0.15) is 5.75 Å². The summed E-state index contributed by atoms with van der Waals surface area (Å²) in [6.45, 7) is 8.61. The molecule has 1 aromatic carbocycles. The zero-order valence-corrected chi connectivity index (χ0v) is 16.3. The van der Waals surface area contributed by atoms with Gasteiger partial charge in [-0.05, 0) is 56.6 Å². The summed E-state index contributed by atoms with van der Waals surface area (Å²) in [6, 6.07) is 7.20. The predicted octanol–water partition coefficient (Wildman–Crippen LogP) is 3.99. The minimum absolute atomic E-state index is 0.170. The molecule has 0 N–H and O–H groups in total. The summed E-state index contributed by atoms with van der Waals surface area (Å²) >= 11 is 0. The number of amides is 1. The monoisotopic (exact) mass is 350 g/mol. The molecule has 0 aliphatic rings. The van der Waals surface area contributed by atoms with Gasteiger partial charge in [-0.25, -0.2) is 5.06 Å². The largest absolute Gasteiger partial charge is 0.494 e. The Balaban J connectivity index is 2.36. The second-order valence-electron chi connectivity index (χ2n) is 6.26. The van der Waals surface area contributed by atoms with Gasteiger partial charge < -0.3 is 9.64 Å². The average Bonchev–Trinajstić information content (AvgIpc) is 2.65. The Labute approximate surface area is 152 Å². The fourth-order valence-corrected chi connectivity index (χ4v) is 2.54. The molecule has 1 rings (SSSR count). The number of hydroxylamine groups is 2. The molecule has 0 aliphatic carbocycles. The van der Waals surface area contributed by atoms with E-state index in [0.717, 1.165) is 18.7 Å². The van der Waals surface area contributed by atoms with Crippen molar-refractivity contribution >= 4 is 5.91 Å². The molecule has 0 radical (unpaired) electrons. The summed E-state index contributed by atoms with van der Waals surface area (Å²) in [6.07, 6.45) is 6.01. The smallest absolute Gasteiger partial charge is 0.277 e. The highest BCUT2D eigenvalue weighted by atomic mass is 16.7. The normalized spacial score (nSPS) is 10.9. The summed E-state index contributed by atoms with van der Waals surface area (Å²) in [7, 11) is 3.06. The van der Waals surface area contributed by atoms with Gasteiger partial charge in [-0.1, -0.05) is 26.7 Å². The Bertz CT molecular complexity index is 468. The average molecular weight is 351 g/mol. The van der Waals surface area contributed by atoms with E-state index in [1.807, 2.05) is 12.1 Å². The standard InChI is InChI=1S/C20H34N2O3/c1-5-7-14-22(15-8-6-2)16-9-17-25-19-12-10-18(11-13-19)20(23)21(3)24-4/h10-13H,5-9,14-17H2,1-4H3. The summed E-state index contributed by atoms with van der Waals surface area (Å²) in [5.41, 5.74) is 0.585.